The van der Waals surface area contributed by atoms with Gasteiger partial charge in [-0.15, -0.1) is 0 Å². The summed E-state index contributed by atoms with van der Waals surface area (Å²) in [4.78, 5) is 23.4. The molecule has 0 spiro atoms. The summed E-state index contributed by atoms with van der Waals surface area (Å²) in [6.45, 7) is 0. The molecule has 0 radical (unpaired) electrons. The highest BCUT2D eigenvalue weighted by atomic mass is 19.1. The second-order valence-corrected chi connectivity index (χ2v) is 5.17. The van der Waals surface area contributed by atoms with Crippen molar-refractivity contribution < 1.29 is 19.1 Å². The lowest BCUT2D eigenvalue weighted by atomic mass is 9.94. The molecule has 0 aliphatic heterocycles. The number of amides is 1. The van der Waals surface area contributed by atoms with Crippen molar-refractivity contribution >= 4 is 11.9 Å². The standard InChI is InChI=1S/C15H18FNO3/c16-11-6-4-5-10(9-11)14(18)17-13-8-3-1-2-7-12(13)15(19)20/h4-6,9,12-13H,1-3,7-8H2,(H,17,18)(H,19,20). The van der Waals surface area contributed by atoms with Crippen LogP contribution < -0.4 is 5.32 Å². The van der Waals surface area contributed by atoms with E-state index < -0.39 is 23.6 Å². The fourth-order valence-corrected chi connectivity index (χ4v) is 2.66. The van der Waals surface area contributed by atoms with Gasteiger partial charge in [-0.2, -0.15) is 0 Å². The number of carboxylic acids is 1. The second kappa shape index (κ2) is 6.50. The van der Waals surface area contributed by atoms with Crippen molar-refractivity contribution in [3.8, 4) is 0 Å². The highest BCUT2D eigenvalue weighted by molar-refractivity contribution is 5.94. The molecule has 1 aromatic rings. The summed E-state index contributed by atoms with van der Waals surface area (Å²) in [5, 5.41) is 12.0. The lowest BCUT2D eigenvalue weighted by Crippen LogP contribution is -2.42. The average Bonchev–Trinajstić information content (AvgIpc) is 2.64. The maximum absolute atomic E-state index is 13.1. The predicted octanol–water partition coefficient (Wildman–Crippen LogP) is 2.59. The molecular formula is C15H18FNO3. The smallest absolute Gasteiger partial charge is 0.308 e. The molecule has 5 heteroatoms. The van der Waals surface area contributed by atoms with Crippen molar-refractivity contribution in [2.24, 2.45) is 5.92 Å². The zero-order chi connectivity index (χ0) is 14.5. The lowest BCUT2D eigenvalue weighted by molar-refractivity contribution is -0.142. The van der Waals surface area contributed by atoms with Gasteiger partial charge < -0.3 is 10.4 Å². The Kier molecular flexibility index (Phi) is 4.71. The molecule has 2 rings (SSSR count). The topological polar surface area (TPSA) is 66.4 Å². The number of halogens is 1. The van der Waals surface area contributed by atoms with E-state index in [-0.39, 0.29) is 11.6 Å². The largest absolute Gasteiger partial charge is 0.481 e. The Morgan fingerprint density at radius 2 is 1.95 bits per heavy atom. The summed E-state index contributed by atoms with van der Waals surface area (Å²) in [6, 6.07) is 5.02. The van der Waals surface area contributed by atoms with Crippen LogP contribution in [0.15, 0.2) is 24.3 Å². The summed E-state index contributed by atoms with van der Waals surface area (Å²) < 4.78 is 13.1. The third kappa shape index (κ3) is 3.56. The van der Waals surface area contributed by atoms with Gasteiger partial charge in [-0.25, -0.2) is 4.39 Å². The van der Waals surface area contributed by atoms with Crippen LogP contribution in [-0.4, -0.2) is 23.0 Å². The highest BCUT2D eigenvalue weighted by Gasteiger charge is 2.30. The number of hydrogen-bond acceptors (Lipinski definition) is 2. The van der Waals surface area contributed by atoms with Crippen LogP contribution in [0.25, 0.3) is 0 Å². The van der Waals surface area contributed by atoms with Crippen LogP contribution in [-0.2, 0) is 4.79 Å². The van der Waals surface area contributed by atoms with Crippen LogP contribution in [0.3, 0.4) is 0 Å². The maximum atomic E-state index is 13.1. The van der Waals surface area contributed by atoms with Gasteiger partial charge in [0.05, 0.1) is 5.92 Å². The fourth-order valence-electron chi connectivity index (χ4n) is 2.66. The van der Waals surface area contributed by atoms with E-state index in [1.54, 1.807) is 0 Å². The van der Waals surface area contributed by atoms with Gasteiger partial charge in [0.2, 0.25) is 0 Å². The maximum Gasteiger partial charge on any atom is 0.308 e. The van der Waals surface area contributed by atoms with Gasteiger partial charge in [0.25, 0.3) is 5.91 Å². The van der Waals surface area contributed by atoms with E-state index in [0.29, 0.717) is 12.8 Å². The van der Waals surface area contributed by atoms with Crippen molar-refractivity contribution in [3.05, 3.63) is 35.6 Å². The Morgan fingerprint density at radius 1 is 1.20 bits per heavy atom. The molecule has 1 amide bonds. The van der Waals surface area contributed by atoms with Gasteiger partial charge in [-0.1, -0.05) is 25.3 Å². The number of nitrogens with one attached hydrogen (secondary N) is 1. The highest BCUT2D eigenvalue weighted by Crippen LogP contribution is 2.24. The van der Waals surface area contributed by atoms with Gasteiger partial charge in [0.15, 0.2) is 0 Å². The summed E-state index contributed by atoms with van der Waals surface area (Å²) in [5.41, 5.74) is 0.221. The number of carbonyl (C=O) groups is 2. The first-order chi connectivity index (χ1) is 9.58. The Labute approximate surface area is 117 Å². The minimum Gasteiger partial charge on any atom is -0.481 e. The molecule has 1 aliphatic rings. The molecule has 1 fully saturated rings. The zero-order valence-corrected chi connectivity index (χ0v) is 11.1. The van der Waals surface area contributed by atoms with Crippen LogP contribution in [0.1, 0.15) is 42.5 Å². The first kappa shape index (κ1) is 14.5. The fraction of sp³-hybridized carbons (Fsp3) is 0.467. The normalized spacial score (nSPS) is 22.9. The molecule has 0 heterocycles. The molecule has 4 nitrogen and oxygen atoms in total. The van der Waals surface area contributed by atoms with Gasteiger partial charge in [-0.3, -0.25) is 9.59 Å². The Balaban J connectivity index is 2.09. The third-order valence-corrected chi connectivity index (χ3v) is 3.74. The average molecular weight is 279 g/mol. The van der Waals surface area contributed by atoms with Crippen LogP contribution in [0.2, 0.25) is 0 Å². The number of aliphatic carboxylic acids is 1. The van der Waals surface area contributed by atoms with E-state index in [1.807, 2.05) is 0 Å². The van der Waals surface area contributed by atoms with E-state index >= 15 is 0 Å². The number of rotatable bonds is 3. The van der Waals surface area contributed by atoms with Crippen LogP contribution in [0.4, 0.5) is 4.39 Å². The molecule has 0 aromatic heterocycles. The zero-order valence-electron chi connectivity index (χ0n) is 11.1. The summed E-state index contributed by atoms with van der Waals surface area (Å²) >= 11 is 0. The number of benzene rings is 1. The molecule has 0 saturated heterocycles. The second-order valence-electron chi connectivity index (χ2n) is 5.17. The van der Waals surface area contributed by atoms with E-state index in [2.05, 4.69) is 5.32 Å². The minimum atomic E-state index is -0.878. The monoisotopic (exact) mass is 279 g/mol. The first-order valence-electron chi connectivity index (χ1n) is 6.87. The van der Waals surface area contributed by atoms with Gasteiger partial charge in [0, 0.05) is 11.6 Å². The molecule has 20 heavy (non-hydrogen) atoms. The number of carbonyl (C=O) groups excluding carboxylic acids is 1. The molecule has 108 valence electrons. The lowest BCUT2D eigenvalue weighted by Gasteiger charge is -2.22. The Morgan fingerprint density at radius 3 is 2.65 bits per heavy atom. The Bertz CT molecular complexity index is 504. The molecule has 1 aliphatic carbocycles. The summed E-state index contributed by atoms with van der Waals surface area (Å²) in [5.74, 6) is -2.33. The molecule has 0 bridgehead atoms. The molecule has 2 atom stereocenters. The van der Waals surface area contributed by atoms with E-state index in [1.165, 1.54) is 18.2 Å². The molecule has 1 aromatic carbocycles. The summed E-state index contributed by atoms with van der Waals surface area (Å²) in [7, 11) is 0. The van der Waals surface area contributed by atoms with Gasteiger partial charge in [-0.05, 0) is 31.0 Å². The van der Waals surface area contributed by atoms with Crippen LogP contribution in [0, 0.1) is 11.7 Å². The number of carboxylic acid groups (broad SMARTS) is 1. The minimum absolute atomic E-state index is 0.221. The predicted molar refractivity (Wildman–Crippen MR) is 71.9 cm³/mol. The van der Waals surface area contributed by atoms with Crippen molar-refractivity contribution in [1.29, 1.82) is 0 Å². The number of hydrogen-bond donors (Lipinski definition) is 2. The third-order valence-electron chi connectivity index (χ3n) is 3.74. The van der Waals surface area contributed by atoms with Gasteiger partial charge >= 0.3 is 5.97 Å². The van der Waals surface area contributed by atoms with Crippen LogP contribution in [0.5, 0.6) is 0 Å². The molecular weight excluding hydrogens is 261 g/mol. The van der Waals surface area contributed by atoms with Crippen molar-refractivity contribution in [1.82, 2.24) is 5.32 Å². The quantitative estimate of drug-likeness (QED) is 0.836. The van der Waals surface area contributed by atoms with Crippen molar-refractivity contribution in [2.45, 2.75) is 38.1 Å². The molecule has 2 unspecified atom stereocenters. The molecule has 1 saturated carbocycles. The molecule has 2 N–H and O–H groups in total. The van der Waals surface area contributed by atoms with E-state index in [9.17, 15) is 19.1 Å². The van der Waals surface area contributed by atoms with E-state index in [4.69, 9.17) is 0 Å². The van der Waals surface area contributed by atoms with Crippen LogP contribution >= 0.6 is 0 Å². The first-order valence-corrected chi connectivity index (χ1v) is 6.87. The van der Waals surface area contributed by atoms with Gasteiger partial charge in [0.1, 0.15) is 5.82 Å². The SMILES string of the molecule is O=C(NC1CCCCCC1C(=O)O)c1cccc(F)c1. The van der Waals surface area contributed by atoms with E-state index in [0.717, 1.165) is 25.3 Å². The Hall–Kier alpha value is -1.91. The van der Waals surface area contributed by atoms with Crippen molar-refractivity contribution in [3.63, 3.8) is 0 Å². The van der Waals surface area contributed by atoms with Crippen molar-refractivity contribution in [2.75, 3.05) is 0 Å². The summed E-state index contributed by atoms with van der Waals surface area (Å²) in [6.07, 6.45) is 3.97.